The number of hydrogen-bond acceptors (Lipinski definition) is 3. The van der Waals surface area contributed by atoms with Crippen LogP contribution >= 0.6 is 11.3 Å². The molecule has 0 spiro atoms. The third-order valence-electron chi connectivity index (χ3n) is 7.15. The molecule has 1 aliphatic carbocycles. The second kappa shape index (κ2) is 7.52. The molecule has 5 nitrogen and oxygen atoms in total. The second-order valence-corrected chi connectivity index (χ2v) is 10.2. The zero-order valence-corrected chi connectivity index (χ0v) is 19.2. The molecule has 0 bridgehead atoms. The molecule has 3 aromatic rings. The van der Waals surface area contributed by atoms with Gasteiger partial charge in [-0.3, -0.25) is 14.5 Å². The van der Waals surface area contributed by atoms with Crippen LogP contribution in [0.3, 0.4) is 0 Å². The van der Waals surface area contributed by atoms with E-state index in [4.69, 9.17) is 0 Å². The van der Waals surface area contributed by atoms with Crippen molar-refractivity contribution in [2.75, 3.05) is 4.90 Å². The number of nitrogens with one attached hydrogen (secondary N) is 1. The minimum absolute atomic E-state index is 0.0589. The van der Waals surface area contributed by atoms with E-state index < -0.39 is 5.54 Å². The van der Waals surface area contributed by atoms with Crippen LogP contribution in [0.4, 0.5) is 5.69 Å². The van der Waals surface area contributed by atoms with Crippen LogP contribution < -0.4 is 10.2 Å². The number of hydrogen-bond donors (Lipinski definition) is 1. The van der Waals surface area contributed by atoms with Crippen LogP contribution in [0.1, 0.15) is 60.6 Å². The number of nitrogens with zero attached hydrogens (tertiary/aromatic N) is 2. The molecule has 1 aliphatic heterocycles. The number of aryl methyl sites for hydroxylation is 1. The number of benzene rings is 1. The smallest absolute Gasteiger partial charge is 0.275 e. The van der Waals surface area contributed by atoms with Gasteiger partial charge in [-0.2, -0.15) is 0 Å². The number of anilines is 1. The van der Waals surface area contributed by atoms with Gasteiger partial charge in [0.05, 0.1) is 16.8 Å². The molecule has 0 unspecified atom stereocenters. The Morgan fingerprint density at radius 1 is 1.16 bits per heavy atom. The number of amides is 2. The molecule has 1 atom stereocenters. The van der Waals surface area contributed by atoms with Crippen molar-refractivity contribution >= 4 is 39.1 Å². The third-order valence-corrected chi connectivity index (χ3v) is 8.00. The van der Waals surface area contributed by atoms with Crippen molar-refractivity contribution < 1.29 is 9.59 Å². The van der Waals surface area contributed by atoms with Crippen LogP contribution in [0, 0.1) is 13.8 Å². The molecule has 5 rings (SSSR count). The highest BCUT2D eigenvalue weighted by atomic mass is 32.1. The molecule has 162 valence electrons. The summed E-state index contributed by atoms with van der Waals surface area (Å²) in [6.07, 6.45) is 5.57. The molecule has 1 fully saturated rings. The van der Waals surface area contributed by atoms with Gasteiger partial charge < -0.3 is 9.88 Å². The zero-order chi connectivity index (χ0) is 21.8. The highest BCUT2D eigenvalue weighted by Crippen LogP contribution is 2.39. The van der Waals surface area contributed by atoms with Crippen LogP contribution in [0.2, 0.25) is 0 Å². The molecular formula is C25H29N3O2S. The van der Waals surface area contributed by atoms with Gasteiger partial charge in [-0.1, -0.05) is 31.4 Å². The third kappa shape index (κ3) is 3.19. The maximum Gasteiger partial charge on any atom is 0.275 e. The van der Waals surface area contributed by atoms with E-state index in [1.165, 1.54) is 6.42 Å². The molecule has 1 saturated carbocycles. The Morgan fingerprint density at radius 2 is 1.94 bits per heavy atom. The average molecular weight is 436 g/mol. The molecular weight excluding hydrogens is 406 g/mol. The fraction of sp³-hybridized carbons (Fsp3) is 0.440. The van der Waals surface area contributed by atoms with E-state index in [2.05, 4.69) is 5.32 Å². The molecule has 2 aliphatic rings. The van der Waals surface area contributed by atoms with Crippen molar-refractivity contribution in [2.45, 2.75) is 71.0 Å². The summed E-state index contributed by atoms with van der Waals surface area (Å²) in [4.78, 5) is 29.5. The van der Waals surface area contributed by atoms with Crippen molar-refractivity contribution in [3.05, 3.63) is 52.5 Å². The van der Waals surface area contributed by atoms with E-state index in [1.807, 2.05) is 61.1 Å². The summed E-state index contributed by atoms with van der Waals surface area (Å²) >= 11 is 1.63. The number of rotatable bonds is 3. The highest BCUT2D eigenvalue weighted by Gasteiger charge is 2.49. The summed E-state index contributed by atoms with van der Waals surface area (Å²) in [7, 11) is 0. The van der Waals surface area contributed by atoms with Crippen molar-refractivity contribution in [3.8, 4) is 0 Å². The second-order valence-electron chi connectivity index (χ2n) is 9.23. The monoisotopic (exact) mass is 435 g/mol. The fourth-order valence-electron chi connectivity index (χ4n) is 5.16. The van der Waals surface area contributed by atoms with Crippen molar-refractivity contribution in [3.63, 3.8) is 0 Å². The zero-order valence-electron chi connectivity index (χ0n) is 18.4. The Kier molecular flexibility index (Phi) is 4.93. The molecule has 6 heteroatoms. The quantitative estimate of drug-likeness (QED) is 0.616. The van der Waals surface area contributed by atoms with Gasteiger partial charge in [0.25, 0.3) is 5.91 Å². The number of carbonyl (C=O) groups is 2. The van der Waals surface area contributed by atoms with Crippen molar-refractivity contribution in [1.82, 2.24) is 9.88 Å². The largest absolute Gasteiger partial charge is 0.351 e. The van der Waals surface area contributed by atoms with Crippen LogP contribution in [0.5, 0.6) is 0 Å². The van der Waals surface area contributed by atoms with Gasteiger partial charge >= 0.3 is 0 Å². The first-order valence-corrected chi connectivity index (χ1v) is 12.1. The lowest BCUT2D eigenvalue weighted by atomic mass is 9.90. The molecule has 1 aromatic carbocycles. The lowest BCUT2D eigenvalue weighted by Gasteiger charge is -2.45. The van der Waals surface area contributed by atoms with Gasteiger partial charge in [0.1, 0.15) is 11.2 Å². The standard InChI is InChI=1S/C25H29N3O2S/c1-16-8-7-11-19(17(16)2)28-23(29)21-14-22-20(12-13-31-22)27(21)15-25(28,3)24(30)26-18-9-5-4-6-10-18/h7-8,11-14,18H,4-6,9-10,15H2,1-3H3,(H,26,30)/t25-/m1/s1. The summed E-state index contributed by atoms with van der Waals surface area (Å²) in [5, 5.41) is 5.35. The van der Waals surface area contributed by atoms with Crippen molar-refractivity contribution in [1.29, 1.82) is 0 Å². The van der Waals surface area contributed by atoms with E-state index in [1.54, 1.807) is 16.2 Å². The predicted molar refractivity (Wildman–Crippen MR) is 126 cm³/mol. The van der Waals surface area contributed by atoms with Crippen LogP contribution in [-0.4, -0.2) is 28.0 Å². The summed E-state index contributed by atoms with van der Waals surface area (Å²) in [6, 6.07) is 10.2. The maximum absolute atomic E-state index is 13.9. The van der Waals surface area contributed by atoms with Crippen LogP contribution in [0.25, 0.3) is 10.2 Å². The summed E-state index contributed by atoms with van der Waals surface area (Å²) in [6.45, 7) is 6.45. The van der Waals surface area contributed by atoms with Gasteiger partial charge in [-0.25, -0.2) is 0 Å². The average Bonchev–Trinajstić information content (AvgIpc) is 3.34. The van der Waals surface area contributed by atoms with Gasteiger partial charge in [-0.15, -0.1) is 11.3 Å². The fourth-order valence-corrected chi connectivity index (χ4v) is 5.98. The number of thiophene rings is 1. The highest BCUT2D eigenvalue weighted by molar-refractivity contribution is 7.17. The van der Waals surface area contributed by atoms with E-state index in [0.29, 0.717) is 12.2 Å². The lowest BCUT2D eigenvalue weighted by molar-refractivity contribution is -0.127. The van der Waals surface area contributed by atoms with Gasteiger partial charge in [0.2, 0.25) is 5.91 Å². The van der Waals surface area contributed by atoms with E-state index in [0.717, 1.165) is 52.7 Å². The van der Waals surface area contributed by atoms with E-state index in [-0.39, 0.29) is 17.9 Å². The first-order valence-electron chi connectivity index (χ1n) is 11.2. The lowest BCUT2D eigenvalue weighted by Crippen LogP contribution is -2.65. The van der Waals surface area contributed by atoms with Crippen molar-refractivity contribution in [2.24, 2.45) is 0 Å². The van der Waals surface area contributed by atoms with Gasteiger partial charge in [0.15, 0.2) is 0 Å². The Hall–Kier alpha value is -2.60. The number of carbonyl (C=O) groups excluding carboxylic acids is 2. The minimum Gasteiger partial charge on any atom is -0.351 e. The Bertz CT molecular complexity index is 1170. The first-order chi connectivity index (χ1) is 14.9. The summed E-state index contributed by atoms with van der Waals surface area (Å²) in [5.74, 6) is -0.166. The summed E-state index contributed by atoms with van der Waals surface area (Å²) in [5.41, 5.74) is 3.66. The summed E-state index contributed by atoms with van der Waals surface area (Å²) < 4.78 is 3.12. The topological polar surface area (TPSA) is 54.3 Å². The van der Waals surface area contributed by atoms with Gasteiger partial charge in [0, 0.05) is 11.7 Å². The molecule has 2 amide bonds. The molecule has 0 radical (unpaired) electrons. The minimum atomic E-state index is -1.01. The molecule has 2 aromatic heterocycles. The predicted octanol–water partition coefficient (Wildman–Crippen LogP) is 5.19. The Balaban J connectivity index is 1.63. The molecule has 1 N–H and O–H groups in total. The van der Waals surface area contributed by atoms with Crippen LogP contribution in [0.15, 0.2) is 35.7 Å². The SMILES string of the molecule is Cc1cccc(N2C(=O)c3cc4sccc4n3C[C@]2(C)C(=O)NC2CCCCC2)c1C. The first kappa shape index (κ1) is 20.3. The number of fused-ring (bicyclic) bond motifs is 3. The van der Waals surface area contributed by atoms with Gasteiger partial charge in [-0.05, 0) is 68.3 Å². The normalized spacial score (nSPS) is 22.0. The van der Waals surface area contributed by atoms with E-state index >= 15 is 0 Å². The Morgan fingerprint density at radius 3 is 2.71 bits per heavy atom. The van der Waals surface area contributed by atoms with Crippen LogP contribution in [-0.2, 0) is 11.3 Å². The van der Waals surface area contributed by atoms with E-state index in [9.17, 15) is 9.59 Å². The maximum atomic E-state index is 13.9. The Labute approximate surface area is 187 Å². The molecule has 3 heterocycles. The molecule has 0 saturated heterocycles. The number of aromatic nitrogens is 1. The molecule has 31 heavy (non-hydrogen) atoms.